The van der Waals surface area contributed by atoms with Gasteiger partial charge in [0.2, 0.25) is 0 Å². The second-order valence-corrected chi connectivity index (χ2v) is 10.8. The van der Waals surface area contributed by atoms with E-state index in [1.54, 1.807) is 0 Å². The summed E-state index contributed by atoms with van der Waals surface area (Å²) >= 11 is 0. The largest absolute Gasteiger partial charge is 0.458 e. The summed E-state index contributed by atoms with van der Waals surface area (Å²) in [5, 5.41) is 19.8. The van der Waals surface area contributed by atoms with Crippen LogP contribution in [-0.2, 0) is 19.0 Å². The molecular formula is C23H33F9O6. The highest BCUT2D eigenvalue weighted by molar-refractivity contribution is 5.87. The Labute approximate surface area is 214 Å². The van der Waals surface area contributed by atoms with Crippen molar-refractivity contribution in [2.24, 2.45) is 5.41 Å². The first-order chi connectivity index (χ1) is 16.4. The Morgan fingerprint density at radius 3 is 1.50 bits per heavy atom. The normalized spacial score (nSPS) is 24.9. The highest BCUT2D eigenvalue weighted by Gasteiger charge is 2.78. The summed E-state index contributed by atoms with van der Waals surface area (Å²) in [6, 6.07) is 0. The summed E-state index contributed by atoms with van der Waals surface area (Å²) in [7, 11) is 0. The lowest BCUT2D eigenvalue weighted by molar-refractivity contribution is -0.402. The first-order valence-electron chi connectivity index (χ1n) is 11.3. The monoisotopic (exact) mass is 576 g/mol. The van der Waals surface area contributed by atoms with Gasteiger partial charge < -0.3 is 24.4 Å². The van der Waals surface area contributed by atoms with Gasteiger partial charge in [0.25, 0.3) is 5.60 Å². The van der Waals surface area contributed by atoms with E-state index in [0.29, 0.717) is 13.8 Å². The number of rotatable bonds is 10. The van der Waals surface area contributed by atoms with Crippen molar-refractivity contribution in [1.82, 2.24) is 0 Å². The van der Waals surface area contributed by atoms with Gasteiger partial charge in [-0.2, -0.15) is 39.5 Å². The quantitative estimate of drug-likeness (QED) is 0.206. The van der Waals surface area contributed by atoms with Gasteiger partial charge in [-0.3, -0.25) is 0 Å². The van der Waals surface area contributed by atoms with E-state index in [2.05, 4.69) is 6.58 Å². The second kappa shape index (κ2) is 9.81. The smallest absolute Gasteiger partial charge is 0.428 e. The van der Waals surface area contributed by atoms with Crippen molar-refractivity contribution in [2.45, 2.75) is 121 Å². The molecule has 0 radical (unpaired) electrons. The van der Waals surface area contributed by atoms with Gasteiger partial charge in [-0.25, -0.2) is 4.79 Å². The van der Waals surface area contributed by atoms with Crippen LogP contribution in [0.2, 0.25) is 0 Å². The molecular weight excluding hydrogens is 543 g/mol. The standard InChI is InChI=1S/C23H33F9O6/c1-11(2)15(33)36-14-10-19(14,16(5,6)37-12(3)18(9,34)21(24,25)26)17(7,8)38-13(4)20(35,22(27,28)29)23(30,31)32/h12-14,34-35H,1,10H2,2-9H3. The fourth-order valence-corrected chi connectivity index (χ4v) is 4.74. The molecule has 0 aromatic carbocycles. The zero-order valence-corrected chi connectivity index (χ0v) is 22.1. The van der Waals surface area contributed by atoms with Crippen molar-refractivity contribution in [3.63, 3.8) is 0 Å². The van der Waals surface area contributed by atoms with Crippen LogP contribution < -0.4 is 0 Å². The SMILES string of the molecule is C=C(C)C(=O)OC1CC1(C(C)(C)OC(C)C(C)(O)C(F)(F)F)C(C)(C)OC(C)C(O)(C(F)(F)F)C(F)(F)F. The molecule has 1 aliphatic carbocycles. The van der Waals surface area contributed by atoms with Gasteiger partial charge in [0.15, 0.2) is 5.60 Å². The Hall–Kier alpha value is -1.58. The lowest BCUT2D eigenvalue weighted by atomic mass is 9.73. The molecule has 0 saturated heterocycles. The number of esters is 1. The van der Waals surface area contributed by atoms with Crippen molar-refractivity contribution < 1.29 is 68.7 Å². The van der Waals surface area contributed by atoms with Gasteiger partial charge in [-0.1, -0.05) is 6.58 Å². The molecule has 1 rings (SSSR count). The molecule has 0 heterocycles. The molecule has 1 aliphatic rings. The molecule has 1 fully saturated rings. The first-order valence-corrected chi connectivity index (χ1v) is 11.3. The summed E-state index contributed by atoms with van der Waals surface area (Å²) in [5.74, 6) is -0.992. The van der Waals surface area contributed by atoms with Crippen LogP contribution >= 0.6 is 0 Å². The summed E-state index contributed by atoms with van der Waals surface area (Å²) in [5.41, 5.74) is -14.8. The highest BCUT2D eigenvalue weighted by Crippen LogP contribution is 2.66. The fourth-order valence-electron chi connectivity index (χ4n) is 4.74. The molecule has 0 aliphatic heterocycles. The van der Waals surface area contributed by atoms with Gasteiger partial charge in [0, 0.05) is 5.57 Å². The lowest BCUT2D eigenvalue weighted by Crippen LogP contribution is -2.66. The molecule has 0 aromatic heterocycles. The van der Waals surface area contributed by atoms with Crippen LogP contribution in [0, 0.1) is 5.41 Å². The summed E-state index contributed by atoms with van der Waals surface area (Å²) in [6.45, 7) is 10.6. The van der Waals surface area contributed by atoms with Crippen LogP contribution in [0.1, 0.15) is 61.8 Å². The summed E-state index contributed by atoms with van der Waals surface area (Å²) in [4.78, 5) is 12.2. The van der Waals surface area contributed by atoms with Crippen LogP contribution in [-0.4, -0.2) is 75.4 Å². The zero-order chi connectivity index (χ0) is 30.7. The van der Waals surface area contributed by atoms with Crippen molar-refractivity contribution in [1.29, 1.82) is 0 Å². The predicted octanol–water partition coefficient (Wildman–Crippen LogP) is 5.40. The lowest BCUT2D eigenvalue weighted by Gasteiger charge is -2.50. The van der Waals surface area contributed by atoms with Crippen molar-refractivity contribution in [3.05, 3.63) is 12.2 Å². The average molecular weight is 576 g/mol. The van der Waals surface area contributed by atoms with E-state index < -0.39 is 70.6 Å². The van der Waals surface area contributed by atoms with Crippen LogP contribution in [0.25, 0.3) is 0 Å². The van der Waals surface area contributed by atoms with E-state index >= 15 is 0 Å². The third kappa shape index (κ3) is 5.66. The molecule has 5 unspecified atom stereocenters. The van der Waals surface area contributed by atoms with Crippen molar-refractivity contribution >= 4 is 5.97 Å². The van der Waals surface area contributed by atoms with Gasteiger partial charge in [-0.05, 0) is 61.8 Å². The number of ether oxygens (including phenoxy) is 3. The molecule has 0 amide bonds. The summed E-state index contributed by atoms with van der Waals surface area (Å²) in [6.07, 6.45) is -24.3. The number of hydrogen-bond donors (Lipinski definition) is 2. The molecule has 6 nitrogen and oxygen atoms in total. The molecule has 15 heteroatoms. The van der Waals surface area contributed by atoms with E-state index in [-0.39, 0.29) is 12.0 Å². The molecule has 0 aromatic rings. The van der Waals surface area contributed by atoms with E-state index in [4.69, 9.17) is 14.2 Å². The molecule has 38 heavy (non-hydrogen) atoms. The molecule has 1 saturated carbocycles. The van der Waals surface area contributed by atoms with E-state index in [0.717, 1.165) is 20.8 Å². The highest BCUT2D eigenvalue weighted by atomic mass is 19.4. The number of hydrogen-bond acceptors (Lipinski definition) is 6. The van der Waals surface area contributed by atoms with E-state index in [1.165, 1.54) is 20.8 Å². The van der Waals surface area contributed by atoms with E-state index in [1.807, 2.05) is 0 Å². The minimum Gasteiger partial charge on any atom is -0.458 e. The first kappa shape index (κ1) is 34.4. The topological polar surface area (TPSA) is 85.2 Å². The Morgan fingerprint density at radius 1 is 0.816 bits per heavy atom. The Bertz CT molecular complexity index is 891. The zero-order valence-electron chi connectivity index (χ0n) is 22.1. The van der Waals surface area contributed by atoms with Gasteiger partial charge in [0.1, 0.15) is 12.2 Å². The fraction of sp³-hybridized carbons (Fsp3) is 0.870. The van der Waals surface area contributed by atoms with Gasteiger partial charge in [0.05, 0.1) is 22.7 Å². The predicted molar refractivity (Wildman–Crippen MR) is 115 cm³/mol. The Morgan fingerprint density at radius 2 is 1.18 bits per heavy atom. The van der Waals surface area contributed by atoms with Crippen molar-refractivity contribution in [3.8, 4) is 0 Å². The third-order valence-electron chi connectivity index (χ3n) is 7.40. The average Bonchev–Trinajstić information content (AvgIpc) is 3.40. The van der Waals surface area contributed by atoms with Crippen molar-refractivity contribution in [2.75, 3.05) is 0 Å². The maximum atomic E-state index is 13.4. The second-order valence-electron chi connectivity index (χ2n) is 10.8. The number of carbonyl (C=O) groups is 1. The number of aliphatic hydroxyl groups is 2. The third-order valence-corrected chi connectivity index (χ3v) is 7.40. The minimum atomic E-state index is -6.23. The number of alkyl halides is 9. The van der Waals surface area contributed by atoms with Crippen LogP contribution in [0.15, 0.2) is 12.2 Å². The molecule has 0 bridgehead atoms. The maximum Gasteiger partial charge on any atom is 0.428 e. The molecule has 0 spiro atoms. The Kier molecular flexibility index (Phi) is 8.89. The number of halogens is 9. The van der Waals surface area contributed by atoms with Crippen LogP contribution in [0.5, 0.6) is 0 Å². The van der Waals surface area contributed by atoms with E-state index in [9.17, 15) is 54.5 Å². The summed E-state index contributed by atoms with van der Waals surface area (Å²) < 4.78 is 137. The van der Waals surface area contributed by atoms with Gasteiger partial charge in [-0.15, -0.1) is 0 Å². The van der Waals surface area contributed by atoms with Crippen LogP contribution in [0.4, 0.5) is 39.5 Å². The number of carbonyl (C=O) groups excluding carboxylic acids is 1. The maximum absolute atomic E-state index is 13.4. The minimum absolute atomic E-state index is 0.117. The molecule has 5 atom stereocenters. The molecule has 2 N–H and O–H groups in total. The van der Waals surface area contributed by atoms with Crippen LogP contribution in [0.3, 0.4) is 0 Å². The Balaban J connectivity index is 3.60. The molecule has 224 valence electrons. The van der Waals surface area contributed by atoms with Gasteiger partial charge >= 0.3 is 24.5 Å².